The predicted octanol–water partition coefficient (Wildman–Crippen LogP) is 3.23. The summed E-state index contributed by atoms with van der Waals surface area (Å²) >= 11 is 0. The maximum absolute atomic E-state index is 12.3. The van der Waals surface area contributed by atoms with Crippen molar-refractivity contribution in [3.8, 4) is 0 Å². The summed E-state index contributed by atoms with van der Waals surface area (Å²) in [6.45, 7) is 4.72. The molecule has 0 heterocycles. The number of ether oxygens (including phenoxy) is 1. The van der Waals surface area contributed by atoms with Crippen LogP contribution < -0.4 is 5.32 Å². The number of carbonyl (C=O) groups excluding carboxylic acids is 1. The molecule has 106 valence electrons. The van der Waals surface area contributed by atoms with Crippen LogP contribution in [0.4, 0.5) is 0 Å². The van der Waals surface area contributed by atoms with Gasteiger partial charge in [-0.2, -0.15) is 0 Å². The Kier molecular flexibility index (Phi) is 4.40. The van der Waals surface area contributed by atoms with E-state index >= 15 is 0 Å². The highest BCUT2D eigenvalue weighted by molar-refractivity contribution is 5.93. The molecule has 0 spiro atoms. The molecule has 0 aliphatic carbocycles. The summed E-state index contributed by atoms with van der Waals surface area (Å²) < 4.78 is 5.01. The second kappa shape index (κ2) is 6.06. The number of fused-ring (bicyclic) bond motifs is 1. The average molecular weight is 271 g/mol. The molecule has 1 atom stereocenters. The van der Waals surface area contributed by atoms with Crippen LogP contribution in [0.2, 0.25) is 0 Å². The Bertz CT molecular complexity index is 603. The van der Waals surface area contributed by atoms with Crippen LogP contribution in [0, 0.1) is 0 Å². The van der Waals surface area contributed by atoms with Crippen LogP contribution in [0.1, 0.15) is 25.8 Å². The highest BCUT2D eigenvalue weighted by atomic mass is 16.5. The number of carbonyl (C=O) groups is 1. The van der Waals surface area contributed by atoms with Gasteiger partial charge in [0.2, 0.25) is 0 Å². The van der Waals surface area contributed by atoms with Crippen molar-refractivity contribution in [2.45, 2.75) is 25.8 Å². The van der Waals surface area contributed by atoms with E-state index in [-0.39, 0.29) is 5.97 Å². The van der Waals surface area contributed by atoms with Crippen LogP contribution in [-0.2, 0) is 15.1 Å². The zero-order chi connectivity index (χ0) is 14.6. The molecule has 0 fully saturated rings. The molecule has 0 aliphatic heterocycles. The second-order valence-electron chi connectivity index (χ2n) is 5.07. The molecule has 0 saturated carbocycles. The van der Waals surface area contributed by atoms with Crippen molar-refractivity contribution >= 4 is 16.7 Å². The Labute approximate surface area is 119 Å². The van der Waals surface area contributed by atoms with Gasteiger partial charge in [0.15, 0.2) is 0 Å². The summed E-state index contributed by atoms with van der Waals surface area (Å²) in [5.41, 5.74) is 0.127. The molecule has 2 aromatic carbocycles. The van der Waals surface area contributed by atoms with Crippen LogP contribution in [0.15, 0.2) is 42.5 Å². The largest absolute Gasteiger partial charge is 0.467 e. The van der Waals surface area contributed by atoms with Crippen molar-refractivity contribution in [1.29, 1.82) is 0 Å². The Balaban J connectivity index is 2.59. The topological polar surface area (TPSA) is 38.3 Å². The maximum Gasteiger partial charge on any atom is 0.330 e. The van der Waals surface area contributed by atoms with E-state index in [1.54, 1.807) is 0 Å². The van der Waals surface area contributed by atoms with Gasteiger partial charge in [-0.3, -0.25) is 5.32 Å². The fourth-order valence-corrected chi connectivity index (χ4v) is 2.52. The van der Waals surface area contributed by atoms with Crippen molar-refractivity contribution < 1.29 is 9.53 Å². The lowest BCUT2D eigenvalue weighted by atomic mass is 9.87. The molecule has 0 saturated heterocycles. The summed E-state index contributed by atoms with van der Waals surface area (Å²) in [7, 11) is 1.43. The molecular formula is C17H21NO2. The van der Waals surface area contributed by atoms with Gasteiger partial charge in [0.05, 0.1) is 7.11 Å². The van der Waals surface area contributed by atoms with Crippen LogP contribution in [-0.4, -0.2) is 19.6 Å². The molecule has 0 radical (unpaired) electrons. The standard InChI is InChI=1S/C17H21NO2/c1-4-12-18-17(2,16(19)20-3)15-11-7-9-13-8-5-6-10-14(13)15/h5-11,18H,4,12H2,1-3H3. The van der Waals surface area contributed by atoms with Crippen molar-refractivity contribution in [1.82, 2.24) is 5.32 Å². The van der Waals surface area contributed by atoms with E-state index in [0.29, 0.717) is 0 Å². The lowest BCUT2D eigenvalue weighted by Crippen LogP contribution is -2.47. The summed E-state index contributed by atoms with van der Waals surface area (Å²) in [6.07, 6.45) is 0.956. The normalized spacial score (nSPS) is 13.9. The van der Waals surface area contributed by atoms with E-state index < -0.39 is 5.54 Å². The Hall–Kier alpha value is -1.87. The van der Waals surface area contributed by atoms with Crippen LogP contribution in [0.3, 0.4) is 0 Å². The third kappa shape index (κ3) is 2.54. The smallest absolute Gasteiger partial charge is 0.330 e. The van der Waals surface area contributed by atoms with Crippen molar-refractivity contribution in [2.75, 3.05) is 13.7 Å². The first-order valence-corrected chi connectivity index (χ1v) is 6.95. The molecule has 3 heteroatoms. The number of methoxy groups -OCH3 is 1. The summed E-state index contributed by atoms with van der Waals surface area (Å²) in [5.74, 6) is -0.262. The molecular weight excluding hydrogens is 250 g/mol. The van der Waals surface area contributed by atoms with Gasteiger partial charge >= 0.3 is 5.97 Å². The first-order valence-electron chi connectivity index (χ1n) is 6.95. The summed E-state index contributed by atoms with van der Waals surface area (Å²) in [6, 6.07) is 14.1. The van der Waals surface area contributed by atoms with Gasteiger partial charge in [-0.25, -0.2) is 4.79 Å². The monoisotopic (exact) mass is 271 g/mol. The fourth-order valence-electron chi connectivity index (χ4n) is 2.52. The predicted molar refractivity (Wildman–Crippen MR) is 81.6 cm³/mol. The number of hydrogen-bond acceptors (Lipinski definition) is 3. The Morgan fingerprint density at radius 1 is 1.20 bits per heavy atom. The number of hydrogen-bond donors (Lipinski definition) is 1. The minimum atomic E-state index is -0.828. The first kappa shape index (κ1) is 14.5. The van der Waals surface area contributed by atoms with Crippen molar-refractivity contribution in [3.05, 3.63) is 48.0 Å². The fraction of sp³-hybridized carbons (Fsp3) is 0.353. The molecule has 2 aromatic rings. The van der Waals surface area contributed by atoms with Gasteiger partial charge in [-0.1, -0.05) is 49.4 Å². The molecule has 0 aromatic heterocycles. The van der Waals surface area contributed by atoms with E-state index in [1.807, 2.05) is 37.3 Å². The molecule has 3 nitrogen and oxygen atoms in total. The van der Waals surface area contributed by atoms with E-state index in [0.717, 1.165) is 29.3 Å². The Morgan fingerprint density at radius 3 is 2.60 bits per heavy atom. The minimum Gasteiger partial charge on any atom is -0.467 e. The van der Waals surface area contributed by atoms with E-state index in [4.69, 9.17) is 4.74 Å². The molecule has 20 heavy (non-hydrogen) atoms. The van der Waals surface area contributed by atoms with Gasteiger partial charge in [0.1, 0.15) is 5.54 Å². The van der Waals surface area contributed by atoms with E-state index in [9.17, 15) is 4.79 Å². The highest BCUT2D eigenvalue weighted by Gasteiger charge is 2.36. The van der Waals surface area contributed by atoms with Gasteiger partial charge in [0.25, 0.3) is 0 Å². The van der Waals surface area contributed by atoms with Gasteiger partial charge < -0.3 is 4.74 Å². The van der Waals surface area contributed by atoms with Crippen molar-refractivity contribution in [3.63, 3.8) is 0 Å². The summed E-state index contributed by atoms with van der Waals surface area (Å²) in [5, 5.41) is 5.53. The second-order valence-corrected chi connectivity index (χ2v) is 5.07. The van der Waals surface area contributed by atoms with E-state index in [1.165, 1.54) is 7.11 Å². The third-order valence-electron chi connectivity index (χ3n) is 3.65. The lowest BCUT2D eigenvalue weighted by molar-refractivity contribution is -0.148. The van der Waals surface area contributed by atoms with Crippen LogP contribution >= 0.6 is 0 Å². The highest BCUT2D eigenvalue weighted by Crippen LogP contribution is 2.29. The van der Waals surface area contributed by atoms with Crippen LogP contribution in [0.5, 0.6) is 0 Å². The van der Waals surface area contributed by atoms with Crippen molar-refractivity contribution in [2.24, 2.45) is 0 Å². The van der Waals surface area contributed by atoms with Gasteiger partial charge in [0, 0.05) is 0 Å². The molecule has 0 amide bonds. The first-order chi connectivity index (χ1) is 9.63. The SMILES string of the molecule is CCCNC(C)(C(=O)OC)c1cccc2ccccc12. The van der Waals surface area contributed by atoms with Gasteiger partial charge in [-0.05, 0) is 36.2 Å². The third-order valence-corrected chi connectivity index (χ3v) is 3.65. The number of benzene rings is 2. The minimum absolute atomic E-state index is 0.262. The van der Waals surface area contributed by atoms with E-state index in [2.05, 4.69) is 24.4 Å². The summed E-state index contributed by atoms with van der Waals surface area (Å²) in [4.78, 5) is 12.3. The number of esters is 1. The molecule has 0 bridgehead atoms. The maximum atomic E-state index is 12.3. The quantitative estimate of drug-likeness (QED) is 0.848. The molecule has 0 aliphatic rings. The number of rotatable bonds is 5. The molecule has 2 rings (SSSR count). The number of nitrogens with one attached hydrogen (secondary N) is 1. The molecule has 1 unspecified atom stereocenters. The lowest BCUT2D eigenvalue weighted by Gasteiger charge is -2.29. The van der Waals surface area contributed by atoms with Crippen LogP contribution in [0.25, 0.3) is 10.8 Å². The molecule has 1 N–H and O–H groups in total. The van der Waals surface area contributed by atoms with Gasteiger partial charge in [-0.15, -0.1) is 0 Å². The zero-order valence-electron chi connectivity index (χ0n) is 12.3. The zero-order valence-corrected chi connectivity index (χ0v) is 12.3. The Morgan fingerprint density at radius 2 is 1.90 bits per heavy atom. The average Bonchev–Trinajstić information content (AvgIpc) is 2.51.